The molecular formula is C21H20BNO6S. The number of ether oxygens (including phenoxy) is 1. The lowest BCUT2D eigenvalue weighted by Crippen LogP contribution is -2.33. The molecule has 0 bridgehead atoms. The maximum atomic E-state index is 12.6. The van der Waals surface area contributed by atoms with Crippen LogP contribution in [-0.2, 0) is 21.2 Å². The molecule has 1 heterocycles. The molecule has 1 aromatic heterocycles. The molecule has 0 unspecified atom stereocenters. The zero-order chi connectivity index (χ0) is 22.1. The van der Waals surface area contributed by atoms with E-state index in [1.165, 1.54) is 0 Å². The van der Waals surface area contributed by atoms with Crippen molar-refractivity contribution in [1.82, 2.24) is 4.72 Å². The summed E-state index contributed by atoms with van der Waals surface area (Å²) in [5.41, 5.74) is 3.27. The first-order valence-corrected chi connectivity index (χ1v) is 11.0. The van der Waals surface area contributed by atoms with E-state index in [4.69, 9.17) is 17.0 Å². The van der Waals surface area contributed by atoms with Crippen LogP contribution in [0.4, 0.5) is 0 Å². The molecule has 3 rings (SSSR count). The van der Waals surface area contributed by atoms with Crippen LogP contribution in [-0.4, -0.2) is 35.0 Å². The van der Waals surface area contributed by atoms with E-state index in [2.05, 4.69) is 0 Å². The first-order chi connectivity index (χ1) is 14.0. The summed E-state index contributed by atoms with van der Waals surface area (Å²) in [6.45, 7) is 3.07. The van der Waals surface area contributed by atoms with Gasteiger partial charge in [0.2, 0.25) is 10.0 Å². The van der Waals surface area contributed by atoms with E-state index in [1.807, 2.05) is 16.9 Å². The predicted molar refractivity (Wildman–Crippen MR) is 115 cm³/mol. The Kier molecular flexibility index (Phi) is 6.03. The molecule has 30 heavy (non-hydrogen) atoms. The number of sulfonamides is 1. The Morgan fingerprint density at radius 2 is 1.83 bits per heavy atom. The van der Waals surface area contributed by atoms with Crippen LogP contribution in [0.1, 0.15) is 22.3 Å². The Morgan fingerprint density at radius 1 is 1.17 bits per heavy atom. The third-order valence-electron chi connectivity index (χ3n) is 4.51. The van der Waals surface area contributed by atoms with Gasteiger partial charge >= 0.3 is 5.63 Å². The van der Waals surface area contributed by atoms with Crippen molar-refractivity contribution in [3.8, 4) is 5.75 Å². The SMILES string of the molecule is [B]c1ccc(Cc2c(C)c3c(OCC(=O)NS(C)(=O)=O)cc(C)cc3oc2=O)cc1. The average Bonchev–Trinajstić information content (AvgIpc) is 2.63. The molecule has 0 saturated heterocycles. The Balaban J connectivity index is 2.02. The fourth-order valence-electron chi connectivity index (χ4n) is 3.17. The summed E-state index contributed by atoms with van der Waals surface area (Å²) in [6.07, 6.45) is 1.22. The number of aryl methyl sites for hydroxylation is 2. The molecule has 9 heteroatoms. The molecule has 1 N–H and O–H groups in total. The summed E-state index contributed by atoms with van der Waals surface area (Å²) < 4.78 is 35.4. The van der Waals surface area contributed by atoms with Crippen molar-refractivity contribution in [1.29, 1.82) is 0 Å². The minimum Gasteiger partial charge on any atom is -0.483 e. The highest BCUT2D eigenvalue weighted by Gasteiger charge is 2.18. The smallest absolute Gasteiger partial charge is 0.340 e. The number of rotatable bonds is 6. The summed E-state index contributed by atoms with van der Waals surface area (Å²) in [5.74, 6) is -0.474. The van der Waals surface area contributed by atoms with Crippen molar-refractivity contribution in [2.75, 3.05) is 12.9 Å². The van der Waals surface area contributed by atoms with Gasteiger partial charge < -0.3 is 9.15 Å². The predicted octanol–water partition coefficient (Wildman–Crippen LogP) is 1.25. The fourth-order valence-corrected chi connectivity index (χ4v) is 3.65. The molecule has 0 aliphatic heterocycles. The quantitative estimate of drug-likeness (QED) is 0.471. The van der Waals surface area contributed by atoms with E-state index < -0.39 is 28.2 Å². The minimum atomic E-state index is -3.68. The third kappa shape index (κ3) is 5.10. The van der Waals surface area contributed by atoms with Crippen LogP contribution in [0.5, 0.6) is 5.75 Å². The van der Waals surface area contributed by atoms with Crippen molar-refractivity contribution in [2.45, 2.75) is 20.3 Å². The van der Waals surface area contributed by atoms with Crippen LogP contribution >= 0.6 is 0 Å². The van der Waals surface area contributed by atoms with Crippen LogP contribution in [0.3, 0.4) is 0 Å². The highest BCUT2D eigenvalue weighted by Crippen LogP contribution is 2.31. The van der Waals surface area contributed by atoms with Crippen LogP contribution in [0.25, 0.3) is 11.0 Å². The molecule has 0 saturated carbocycles. The average molecular weight is 425 g/mol. The van der Waals surface area contributed by atoms with Crippen molar-refractivity contribution in [2.24, 2.45) is 0 Å². The Bertz CT molecular complexity index is 1280. The summed E-state index contributed by atoms with van der Waals surface area (Å²) in [6, 6.07) is 10.6. The zero-order valence-corrected chi connectivity index (χ0v) is 17.6. The lowest BCUT2D eigenvalue weighted by molar-refractivity contribution is -0.121. The number of carbonyl (C=O) groups excluding carboxylic acids is 1. The number of fused-ring (bicyclic) bond motifs is 1. The number of benzene rings is 2. The highest BCUT2D eigenvalue weighted by molar-refractivity contribution is 7.89. The van der Waals surface area contributed by atoms with Gasteiger partial charge in [0, 0.05) is 12.0 Å². The van der Waals surface area contributed by atoms with Gasteiger partial charge in [-0.05, 0) is 42.7 Å². The molecule has 0 atom stereocenters. The number of nitrogens with one attached hydrogen (secondary N) is 1. The van der Waals surface area contributed by atoms with E-state index in [-0.39, 0.29) is 0 Å². The van der Waals surface area contributed by atoms with E-state index in [1.54, 1.807) is 38.1 Å². The number of hydrogen-bond acceptors (Lipinski definition) is 6. The van der Waals surface area contributed by atoms with Crippen LogP contribution in [0, 0.1) is 13.8 Å². The third-order valence-corrected chi connectivity index (χ3v) is 5.10. The summed E-state index contributed by atoms with van der Waals surface area (Å²) in [5, 5.41) is 0.554. The van der Waals surface area contributed by atoms with Gasteiger partial charge in [-0.1, -0.05) is 29.7 Å². The van der Waals surface area contributed by atoms with Crippen LogP contribution in [0.15, 0.2) is 45.6 Å². The van der Waals surface area contributed by atoms with Gasteiger partial charge in [-0.25, -0.2) is 13.2 Å². The molecule has 2 radical (unpaired) electrons. The molecule has 0 spiro atoms. The van der Waals surface area contributed by atoms with Gasteiger partial charge in [0.1, 0.15) is 19.2 Å². The number of amides is 1. The Morgan fingerprint density at radius 3 is 2.47 bits per heavy atom. The second-order valence-corrected chi connectivity index (χ2v) is 8.88. The van der Waals surface area contributed by atoms with E-state index >= 15 is 0 Å². The normalized spacial score (nSPS) is 11.4. The van der Waals surface area contributed by atoms with Gasteiger partial charge in [-0.3, -0.25) is 9.52 Å². The van der Waals surface area contributed by atoms with Crippen LogP contribution < -0.4 is 20.5 Å². The zero-order valence-electron chi connectivity index (χ0n) is 16.8. The first kappa shape index (κ1) is 21.6. The van der Waals surface area contributed by atoms with E-state index in [9.17, 15) is 18.0 Å². The van der Waals surface area contributed by atoms with Crippen molar-refractivity contribution in [3.63, 3.8) is 0 Å². The van der Waals surface area contributed by atoms with E-state index in [0.29, 0.717) is 39.7 Å². The highest BCUT2D eigenvalue weighted by atomic mass is 32.2. The van der Waals surface area contributed by atoms with Gasteiger partial charge in [0.05, 0.1) is 11.6 Å². The molecule has 2 aromatic carbocycles. The molecular weight excluding hydrogens is 405 g/mol. The van der Waals surface area contributed by atoms with Crippen molar-refractivity contribution >= 4 is 40.2 Å². The molecule has 0 aliphatic rings. The minimum absolute atomic E-state index is 0.327. The van der Waals surface area contributed by atoms with Crippen molar-refractivity contribution in [3.05, 3.63) is 69.1 Å². The standard InChI is InChI=1S/C21H20BNO6S/c1-12-8-17(28-11-19(24)23-30(3,26)27)20-13(2)16(21(25)29-18(20)9-12)10-14-4-6-15(22)7-5-14/h4-9H,10-11H2,1-3H3,(H,23,24). The Hall–Kier alpha value is -3.07. The van der Waals surface area contributed by atoms with Gasteiger partial charge in [-0.15, -0.1) is 0 Å². The second-order valence-electron chi connectivity index (χ2n) is 7.13. The Labute approximate surface area is 175 Å². The monoisotopic (exact) mass is 425 g/mol. The molecule has 0 aliphatic carbocycles. The lowest BCUT2D eigenvalue weighted by Gasteiger charge is -2.14. The molecule has 7 nitrogen and oxygen atoms in total. The summed E-state index contributed by atoms with van der Waals surface area (Å²) in [4.78, 5) is 24.4. The number of hydrogen-bond donors (Lipinski definition) is 1. The molecule has 0 fully saturated rings. The first-order valence-electron chi connectivity index (χ1n) is 9.08. The topological polar surface area (TPSA) is 103 Å². The van der Waals surface area contributed by atoms with Crippen molar-refractivity contribution < 1.29 is 22.4 Å². The largest absolute Gasteiger partial charge is 0.483 e. The van der Waals surface area contributed by atoms with E-state index in [0.717, 1.165) is 17.4 Å². The van der Waals surface area contributed by atoms with Crippen LogP contribution in [0.2, 0.25) is 0 Å². The summed E-state index contributed by atoms with van der Waals surface area (Å²) in [7, 11) is 2.03. The van der Waals surface area contributed by atoms with Gasteiger partial charge in [-0.2, -0.15) is 0 Å². The summed E-state index contributed by atoms with van der Waals surface area (Å²) >= 11 is 0. The second kappa shape index (κ2) is 8.35. The lowest BCUT2D eigenvalue weighted by atomic mass is 9.93. The maximum Gasteiger partial charge on any atom is 0.340 e. The maximum absolute atomic E-state index is 12.6. The fraction of sp³-hybridized carbons (Fsp3) is 0.238. The van der Waals surface area contributed by atoms with Gasteiger partial charge in [0.25, 0.3) is 5.91 Å². The number of carbonyl (C=O) groups is 1. The van der Waals surface area contributed by atoms with Gasteiger partial charge in [0.15, 0.2) is 6.61 Å². The molecule has 1 amide bonds. The molecule has 154 valence electrons. The molecule has 3 aromatic rings.